The van der Waals surface area contributed by atoms with Crippen molar-refractivity contribution in [2.75, 3.05) is 5.32 Å². The van der Waals surface area contributed by atoms with E-state index in [2.05, 4.69) is 5.32 Å². The van der Waals surface area contributed by atoms with Crippen molar-refractivity contribution < 1.29 is 18.7 Å². The molecule has 0 atom stereocenters. The van der Waals surface area contributed by atoms with Crippen molar-refractivity contribution in [1.29, 1.82) is 0 Å². The molecule has 0 radical (unpaired) electrons. The number of hydrogen-bond acceptors (Lipinski definition) is 3. The van der Waals surface area contributed by atoms with E-state index in [4.69, 9.17) is 9.52 Å². The van der Waals surface area contributed by atoms with Gasteiger partial charge < -0.3 is 14.8 Å². The van der Waals surface area contributed by atoms with Gasteiger partial charge in [0.1, 0.15) is 11.6 Å². The van der Waals surface area contributed by atoms with Gasteiger partial charge in [0.2, 0.25) is 5.76 Å². The van der Waals surface area contributed by atoms with Crippen molar-refractivity contribution in [2.45, 2.75) is 20.4 Å². The monoisotopic (exact) mass is 263 g/mol. The van der Waals surface area contributed by atoms with Crippen LogP contribution >= 0.6 is 0 Å². The molecule has 0 bridgehead atoms. The number of halogens is 1. The molecule has 0 fully saturated rings. The summed E-state index contributed by atoms with van der Waals surface area (Å²) in [5.74, 6) is -0.862. The van der Waals surface area contributed by atoms with Crippen molar-refractivity contribution in [3.8, 4) is 0 Å². The van der Waals surface area contributed by atoms with Crippen LogP contribution in [0.3, 0.4) is 0 Å². The van der Waals surface area contributed by atoms with Gasteiger partial charge in [-0.25, -0.2) is 9.18 Å². The fourth-order valence-electron chi connectivity index (χ4n) is 1.75. The molecule has 0 aliphatic rings. The van der Waals surface area contributed by atoms with E-state index in [0.717, 1.165) is 11.3 Å². The number of carboxylic acids is 1. The molecule has 1 heterocycles. The maximum atomic E-state index is 13.1. The first kappa shape index (κ1) is 13.1. The van der Waals surface area contributed by atoms with Crippen LogP contribution in [0, 0.1) is 19.7 Å². The molecule has 100 valence electrons. The molecule has 2 N–H and O–H groups in total. The minimum atomic E-state index is -1.09. The highest BCUT2D eigenvalue weighted by Gasteiger charge is 2.12. The highest BCUT2D eigenvalue weighted by Crippen LogP contribution is 2.18. The second-order valence-electron chi connectivity index (χ2n) is 4.31. The summed E-state index contributed by atoms with van der Waals surface area (Å²) in [5, 5.41) is 11.9. The van der Waals surface area contributed by atoms with Crippen molar-refractivity contribution in [2.24, 2.45) is 0 Å². The molecule has 0 saturated heterocycles. The first-order chi connectivity index (χ1) is 8.97. The van der Waals surface area contributed by atoms with Crippen LogP contribution < -0.4 is 5.32 Å². The van der Waals surface area contributed by atoms with Gasteiger partial charge in [-0.3, -0.25) is 0 Å². The number of aryl methyl sites for hydroxylation is 2. The lowest BCUT2D eigenvalue weighted by atomic mass is 10.2. The third-order valence-corrected chi connectivity index (χ3v) is 2.87. The minimum Gasteiger partial charge on any atom is -0.475 e. The molecule has 0 aliphatic heterocycles. The van der Waals surface area contributed by atoms with Crippen LogP contribution in [0.4, 0.5) is 10.1 Å². The lowest BCUT2D eigenvalue weighted by Crippen LogP contribution is -2.00. The Hall–Kier alpha value is -2.30. The Morgan fingerprint density at radius 3 is 2.68 bits per heavy atom. The first-order valence-electron chi connectivity index (χ1n) is 5.80. The SMILES string of the molecule is Cc1cc(NCc2cc(C(=O)O)oc2C)ccc1F. The van der Waals surface area contributed by atoms with Crippen molar-refractivity contribution >= 4 is 11.7 Å². The summed E-state index contributed by atoms with van der Waals surface area (Å²) in [7, 11) is 0. The Morgan fingerprint density at radius 2 is 2.11 bits per heavy atom. The standard InChI is InChI=1S/C14H14FNO3/c1-8-5-11(3-4-12(8)15)16-7-10-6-13(14(17)18)19-9(10)2/h3-6,16H,7H2,1-2H3,(H,17,18). The largest absolute Gasteiger partial charge is 0.475 e. The highest BCUT2D eigenvalue weighted by molar-refractivity contribution is 5.84. The summed E-state index contributed by atoms with van der Waals surface area (Å²) in [6.45, 7) is 3.82. The summed E-state index contributed by atoms with van der Waals surface area (Å²) in [6, 6.07) is 6.21. The lowest BCUT2D eigenvalue weighted by Gasteiger charge is -2.06. The zero-order valence-corrected chi connectivity index (χ0v) is 10.7. The van der Waals surface area contributed by atoms with E-state index in [0.29, 0.717) is 17.9 Å². The number of carboxylic acid groups (broad SMARTS) is 1. The number of nitrogens with one attached hydrogen (secondary N) is 1. The molecule has 19 heavy (non-hydrogen) atoms. The molecular formula is C14H14FNO3. The number of hydrogen-bond donors (Lipinski definition) is 2. The van der Waals surface area contributed by atoms with Crippen LogP contribution in [0.1, 0.15) is 27.4 Å². The van der Waals surface area contributed by atoms with Crippen LogP contribution in [0.5, 0.6) is 0 Å². The van der Waals surface area contributed by atoms with Gasteiger partial charge in [-0.1, -0.05) is 0 Å². The Labute approximate surface area is 109 Å². The number of aromatic carboxylic acids is 1. The Balaban J connectivity index is 2.09. The fourth-order valence-corrected chi connectivity index (χ4v) is 1.75. The van der Waals surface area contributed by atoms with Gasteiger partial charge in [0.15, 0.2) is 0 Å². The molecule has 4 nitrogen and oxygen atoms in total. The van der Waals surface area contributed by atoms with Gasteiger partial charge in [-0.15, -0.1) is 0 Å². The van der Waals surface area contributed by atoms with Gasteiger partial charge >= 0.3 is 5.97 Å². The molecule has 0 saturated carbocycles. The van der Waals surface area contributed by atoms with Crippen molar-refractivity contribution in [3.63, 3.8) is 0 Å². The Bertz CT molecular complexity index is 619. The molecule has 2 aromatic rings. The van der Waals surface area contributed by atoms with E-state index < -0.39 is 5.97 Å². The van der Waals surface area contributed by atoms with E-state index in [1.165, 1.54) is 12.1 Å². The van der Waals surface area contributed by atoms with Gasteiger partial charge in [-0.2, -0.15) is 0 Å². The second kappa shape index (κ2) is 5.14. The van der Waals surface area contributed by atoms with Gasteiger partial charge in [-0.05, 0) is 43.7 Å². The molecule has 1 aromatic heterocycles. The topological polar surface area (TPSA) is 62.5 Å². The zero-order valence-electron chi connectivity index (χ0n) is 10.7. The van der Waals surface area contributed by atoms with Crippen LogP contribution in [-0.4, -0.2) is 11.1 Å². The summed E-state index contributed by atoms with van der Waals surface area (Å²) in [4.78, 5) is 10.8. The normalized spacial score (nSPS) is 10.5. The number of furan rings is 1. The fraction of sp³-hybridized carbons (Fsp3) is 0.214. The van der Waals surface area contributed by atoms with Gasteiger partial charge in [0.05, 0.1) is 0 Å². The maximum Gasteiger partial charge on any atom is 0.371 e. The van der Waals surface area contributed by atoms with Gasteiger partial charge in [0, 0.05) is 17.8 Å². The molecule has 0 spiro atoms. The quantitative estimate of drug-likeness (QED) is 0.888. The highest BCUT2D eigenvalue weighted by atomic mass is 19.1. The summed E-state index contributed by atoms with van der Waals surface area (Å²) in [6.07, 6.45) is 0. The number of anilines is 1. The summed E-state index contributed by atoms with van der Waals surface area (Å²) < 4.78 is 18.2. The van der Waals surface area contributed by atoms with Crippen molar-refractivity contribution in [3.05, 3.63) is 52.7 Å². The smallest absolute Gasteiger partial charge is 0.371 e. The van der Waals surface area contributed by atoms with Crippen LogP contribution in [0.25, 0.3) is 0 Å². The van der Waals surface area contributed by atoms with E-state index in [-0.39, 0.29) is 11.6 Å². The summed E-state index contributed by atoms with van der Waals surface area (Å²) in [5.41, 5.74) is 2.09. The average molecular weight is 263 g/mol. The Kier molecular flexibility index (Phi) is 3.55. The molecule has 0 unspecified atom stereocenters. The number of rotatable bonds is 4. The molecule has 0 amide bonds. The van der Waals surface area contributed by atoms with Crippen LogP contribution in [0.15, 0.2) is 28.7 Å². The molecule has 5 heteroatoms. The van der Waals surface area contributed by atoms with E-state index in [1.54, 1.807) is 26.0 Å². The number of benzene rings is 1. The maximum absolute atomic E-state index is 13.1. The van der Waals surface area contributed by atoms with Gasteiger partial charge in [0.25, 0.3) is 0 Å². The average Bonchev–Trinajstić information content (AvgIpc) is 2.73. The predicted molar refractivity (Wildman–Crippen MR) is 68.9 cm³/mol. The van der Waals surface area contributed by atoms with Crippen LogP contribution in [0.2, 0.25) is 0 Å². The molecular weight excluding hydrogens is 249 g/mol. The van der Waals surface area contributed by atoms with E-state index >= 15 is 0 Å². The minimum absolute atomic E-state index is 0.0791. The summed E-state index contributed by atoms with van der Waals surface area (Å²) >= 11 is 0. The third kappa shape index (κ3) is 2.93. The van der Waals surface area contributed by atoms with E-state index in [1.807, 2.05) is 0 Å². The molecule has 0 aliphatic carbocycles. The van der Waals surface area contributed by atoms with Crippen molar-refractivity contribution in [1.82, 2.24) is 0 Å². The lowest BCUT2D eigenvalue weighted by molar-refractivity contribution is 0.0661. The van der Waals surface area contributed by atoms with E-state index in [9.17, 15) is 9.18 Å². The Morgan fingerprint density at radius 1 is 1.37 bits per heavy atom. The van der Waals surface area contributed by atoms with Crippen LogP contribution in [-0.2, 0) is 6.54 Å². The third-order valence-electron chi connectivity index (χ3n) is 2.87. The second-order valence-corrected chi connectivity index (χ2v) is 4.31. The predicted octanol–water partition coefficient (Wildman–Crippen LogP) is 3.35. The zero-order chi connectivity index (χ0) is 14.0. The molecule has 2 rings (SSSR count). The molecule has 1 aromatic carbocycles. The first-order valence-corrected chi connectivity index (χ1v) is 5.80. The number of carbonyl (C=O) groups is 1.